The Morgan fingerprint density at radius 1 is 1.35 bits per heavy atom. The summed E-state index contributed by atoms with van der Waals surface area (Å²) in [4.78, 5) is 3.67. The van der Waals surface area contributed by atoms with E-state index < -0.39 is 16.1 Å². The second-order valence-electron chi connectivity index (χ2n) is 4.19. The lowest BCUT2D eigenvalue weighted by atomic mass is 10.4. The number of benzene rings is 1. The maximum absolute atomic E-state index is 12.3. The van der Waals surface area contributed by atoms with E-state index in [9.17, 15) is 8.42 Å². The minimum atomic E-state index is -3.80. The number of nitrogens with zero attached hydrogens (tertiary/aromatic N) is 3. The van der Waals surface area contributed by atoms with Crippen LogP contribution < -0.4 is 4.72 Å². The van der Waals surface area contributed by atoms with Gasteiger partial charge in [-0.3, -0.25) is 4.68 Å². The molecule has 0 bridgehead atoms. The number of aromatic nitrogens is 3. The lowest BCUT2D eigenvalue weighted by Gasteiger charge is -2.15. The van der Waals surface area contributed by atoms with Gasteiger partial charge in [0.25, 0.3) is 0 Å². The first-order valence-corrected chi connectivity index (χ1v) is 7.93. The third-order valence-electron chi connectivity index (χ3n) is 2.47. The first kappa shape index (κ1) is 15.2. The van der Waals surface area contributed by atoms with E-state index in [0.717, 1.165) is 0 Å². The highest BCUT2D eigenvalue weighted by molar-refractivity contribution is 7.89. The summed E-state index contributed by atoms with van der Waals surface area (Å²) in [6.45, 7) is 2.06. The van der Waals surface area contributed by atoms with E-state index in [4.69, 9.17) is 23.2 Å². The standard InChI is InChI=1S/C11H12Cl2N4O2S/c1-8(5-17-7-14-6-15-17)16-20(18,19)11-9(12)3-2-4-10(11)13/h2-4,6-8,16H,5H2,1H3/t8-/m1/s1. The molecule has 9 heteroatoms. The predicted octanol–water partition coefficient (Wildman–Crippen LogP) is 1.95. The topological polar surface area (TPSA) is 76.9 Å². The zero-order valence-electron chi connectivity index (χ0n) is 10.5. The largest absolute Gasteiger partial charge is 0.251 e. The molecule has 1 aromatic carbocycles. The summed E-state index contributed by atoms with van der Waals surface area (Å²) >= 11 is 11.8. The van der Waals surface area contributed by atoms with Crippen LogP contribution in [0.3, 0.4) is 0 Å². The van der Waals surface area contributed by atoms with E-state index in [-0.39, 0.29) is 14.9 Å². The first-order chi connectivity index (χ1) is 9.40. The Morgan fingerprint density at radius 3 is 2.55 bits per heavy atom. The van der Waals surface area contributed by atoms with E-state index in [0.29, 0.717) is 6.54 Å². The Bertz CT molecular complexity index is 668. The van der Waals surface area contributed by atoms with Gasteiger partial charge in [-0.05, 0) is 19.1 Å². The molecule has 0 amide bonds. The Hall–Kier alpha value is -1.15. The summed E-state index contributed by atoms with van der Waals surface area (Å²) in [7, 11) is -3.80. The molecule has 0 aliphatic heterocycles. The maximum Gasteiger partial charge on any atom is 0.243 e. The molecule has 0 saturated carbocycles. The average Bonchev–Trinajstić information content (AvgIpc) is 2.79. The van der Waals surface area contributed by atoms with Crippen LogP contribution in [0.5, 0.6) is 0 Å². The smallest absolute Gasteiger partial charge is 0.243 e. The molecule has 20 heavy (non-hydrogen) atoms. The summed E-state index contributed by atoms with van der Waals surface area (Å²) in [5, 5.41) is 4.08. The fraction of sp³-hybridized carbons (Fsp3) is 0.273. The first-order valence-electron chi connectivity index (χ1n) is 5.69. The zero-order chi connectivity index (χ0) is 14.8. The van der Waals surface area contributed by atoms with Crippen LogP contribution in [0, 0.1) is 0 Å². The molecule has 2 rings (SSSR count). The van der Waals surface area contributed by atoms with E-state index in [2.05, 4.69) is 14.8 Å². The van der Waals surface area contributed by atoms with E-state index in [1.165, 1.54) is 29.5 Å². The summed E-state index contributed by atoms with van der Waals surface area (Å²) < 4.78 is 28.6. The zero-order valence-corrected chi connectivity index (χ0v) is 12.8. The van der Waals surface area contributed by atoms with Gasteiger partial charge in [-0.15, -0.1) is 0 Å². The molecule has 1 heterocycles. The van der Waals surface area contributed by atoms with Gasteiger partial charge in [0.2, 0.25) is 10.0 Å². The second-order valence-corrected chi connectivity index (χ2v) is 6.66. The van der Waals surface area contributed by atoms with Crippen LogP contribution in [0.4, 0.5) is 0 Å². The van der Waals surface area contributed by atoms with Crippen molar-refractivity contribution < 1.29 is 8.42 Å². The summed E-state index contributed by atoms with van der Waals surface area (Å²) in [6, 6.07) is 4.14. The van der Waals surface area contributed by atoms with Crippen molar-refractivity contribution >= 4 is 33.2 Å². The third kappa shape index (κ3) is 3.49. The van der Waals surface area contributed by atoms with Gasteiger partial charge in [-0.2, -0.15) is 5.10 Å². The quantitative estimate of drug-likeness (QED) is 0.906. The number of halogens is 2. The minimum Gasteiger partial charge on any atom is -0.251 e. The molecule has 1 N–H and O–H groups in total. The van der Waals surface area contributed by atoms with Crippen LogP contribution in [0.1, 0.15) is 6.92 Å². The molecule has 2 aromatic rings. The van der Waals surface area contributed by atoms with Gasteiger partial charge in [-0.25, -0.2) is 18.1 Å². The molecule has 0 radical (unpaired) electrons. The highest BCUT2D eigenvalue weighted by Crippen LogP contribution is 2.28. The lowest BCUT2D eigenvalue weighted by Crippen LogP contribution is -2.36. The predicted molar refractivity (Wildman–Crippen MR) is 76.3 cm³/mol. The summed E-state index contributed by atoms with van der Waals surface area (Å²) in [5.41, 5.74) is 0. The Morgan fingerprint density at radius 2 is 2.00 bits per heavy atom. The van der Waals surface area contributed by atoms with Crippen molar-refractivity contribution in [3.05, 3.63) is 40.9 Å². The number of hydrogen-bond acceptors (Lipinski definition) is 4. The number of sulfonamides is 1. The summed E-state index contributed by atoms with van der Waals surface area (Å²) in [5.74, 6) is 0. The molecule has 6 nitrogen and oxygen atoms in total. The van der Waals surface area contributed by atoms with Crippen LogP contribution in [0.15, 0.2) is 35.7 Å². The molecule has 0 aliphatic carbocycles. The molecule has 0 aliphatic rings. The SMILES string of the molecule is C[C@H](Cn1cncn1)NS(=O)(=O)c1c(Cl)cccc1Cl. The van der Waals surface area contributed by atoms with Gasteiger partial charge < -0.3 is 0 Å². The van der Waals surface area contributed by atoms with Crippen molar-refractivity contribution in [2.45, 2.75) is 24.4 Å². The Kier molecular flexibility index (Phi) is 4.64. The fourth-order valence-corrected chi connectivity index (χ4v) is 4.09. The Labute approximate surface area is 126 Å². The fourth-order valence-electron chi connectivity index (χ4n) is 1.71. The second kappa shape index (κ2) is 6.09. The van der Waals surface area contributed by atoms with Gasteiger partial charge in [-0.1, -0.05) is 29.3 Å². The molecule has 0 unspecified atom stereocenters. The monoisotopic (exact) mass is 334 g/mol. The van der Waals surface area contributed by atoms with Crippen LogP contribution in [0.25, 0.3) is 0 Å². The third-order valence-corrected chi connectivity index (χ3v) is 5.02. The van der Waals surface area contributed by atoms with Crippen molar-refractivity contribution in [1.29, 1.82) is 0 Å². The lowest BCUT2D eigenvalue weighted by molar-refractivity contribution is 0.493. The van der Waals surface area contributed by atoms with Crippen molar-refractivity contribution in [3.8, 4) is 0 Å². The molecule has 0 fully saturated rings. The molecule has 1 atom stereocenters. The molecule has 1 aromatic heterocycles. The van der Waals surface area contributed by atoms with E-state index in [1.807, 2.05) is 0 Å². The van der Waals surface area contributed by atoms with Crippen molar-refractivity contribution in [3.63, 3.8) is 0 Å². The molecule has 108 valence electrons. The van der Waals surface area contributed by atoms with Crippen LogP contribution >= 0.6 is 23.2 Å². The molecular weight excluding hydrogens is 323 g/mol. The van der Waals surface area contributed by atoms with Gasteiger partial charge in [0.05, 0.1) is 16.6 Å². The highest BCUT2D eigenvalue weighted by atomic mass is 35.5. The van der Waals surface area contributed by atoms with Crippen molar-refractivity contribution in [2.75, 3.05) is 0 Å². The van der Waals surface area contributed by atoms with Crippen molar-refractivity contribution in [2.24, 2.45) is 0 Å². The van der Waals surface area contributed by atoms with Crippen LogP contribution in [-0.2, 0) is 16.6 Å². The number of nitrogens with one attached hydrogen (secondary N) is 1. The van der Waals surface area contributed by atoms with Crippen LogP contribution in [-0.4, -0.2) is 29.2 Å². The highest BCUT2D eigenvalue weighted by Gasteiger charge is 2.23. The van der Waals surface area contributed by atoms with Gasteiger partial charge >= 0.3 is 0 Å². The average molecular weight is 335 g/mol. The normalized spacial score (nSPS) is 13.3. The van der Waals surface area contributed by atoms with E-state index >= 15 is 0 Å². The maximum atomic E-state index is 12.3. The number of hydrogen-bond donors (Lipinski definition) is 1. The van der Waals surface area contributed by atoms with Crippen LogP contribution in [0.2, 0.25) is 10.0 Å². The molecule has 0 saturated heterocycles. The minimum absolute atomic E-state index is 0.0814. The van der Waals surface area contributed by atoms with Gasteiger partial charge in [0.15, 0.2) is 0 Å². The Balaban J connectivity index is 2.19. The van der Waals surface area contributed by atoms with Gasteiger partial charge in [0.1, 0.15) is 17.6 Å². The van der Waals surface area contributed by atoms with Crippen molar-refractivity contribution in [1.82, 2.24) is 19.5 Å². The molecular formula is C11H12Cl2N4O2S. The van der Waals surface area contributed by atoms with Gasteiger partial charge in [0, 0.05) is 6.04 Å². The summed E-state index contributed by atoms with van der Waals surface area (Å²) in [6.07, 6.45) is 2.89. The van der Waals surface area contributed by atoms with E-state index in [1.54, 1.807) is 13.0 Å². The number of rotatable bonds is 5. The molecule has 0 spiro atoms.